The molecular weight excluding hydrogens is 228 g/mol. The molecule has 5 heteroatoms. The molecule has 2 heterocycles. The van der Waals surface area contributed by atoms with Crippen molar-refractivity contribution >= 4 is 23.2 Å². The van der Waals surface area contributed by atoms with Crippen LogP contribution in [-0.4, -0.2) is 44.5 Å². The Hall–Kier alpha value is -2.04. The highest BCUT2D eigenvalue weighted by atomic mass is 16.2. The fourth-order valence-electron chi connectivity index (χ4n) is 2.46. The van der Waals surface area contributed by atoms with E-state index >= 15 is 0 Å². The van der Waals surface area contributed by atoms with Gasteiger partial charge in [-0.15, -0.1) is 0 Å². The molecule has 2 aliphatic heterocycles. The second kappa shape index (κ2) is 3.73. The highest BCUT2D eigenvalue weighted by Gasteiger charge is 2.33. The number of anilines is 2. The van der Waals surface area contributed by atoms with Gasteiger partial charge >= 0.3 is 0 Å². The van der Waals surface area contributed by atoms with E-state index in [0.29, 0.717) is 6.54 Å². The number of benzene rings is 1. The van der Waals surface area contributed by atoms with Crippen molar-refractivity contribution in [3.63, 3.8) is 0 Å². The van der Waals surface area contributed by atoms with Crippen molar-refractivity contribution in [1.29, 1.82) is 0 Å². The van der Waals surface area contributed by atoms with E-state index in [1.807, 2.05) is 30.9 Å². The number of nitrogens with zero attached hydrogens (tertiary/aromatic N) is 4. The number of amides is 1. The van der Waals surface area contributed by atoms with Crippen molar-refractivity contribution in [1.82, 2.24) is 4.90 Å². The first kappa shape index (κ1) is 11.1. The fraction of sp³-hybridized carbons (Fsp3) is 0.385. The molecule has 2 aliphatic rings. The molecule has 1 aromatic carbocycles. The largest absolute Gasteiger partial charge is 0.378 e. The Balaban J connectivity index is 2.07. The predicted octanol–water partition coefficient (Wildman–Crippen LogP) is 0.901. The third-order valence-electron chi connectivity index (χ3n) is 3.38. The van der Waals surface area contributed by atoms with Gasteiger partial charge in [0.15, 0.2) is 0 Å². The molecule has 1 amide bonds. The van der Waals surface area contributed by atoms with E-state index < -0.39 is 0 Å². The first-order valence-electron chi connectivity index (χ1n) is 5.97. The van der Waals surface area contributed by atoms with Crippen molar-refractivity contribution in [2.45, 2.75) is 6.54 Å². The molecule has 0 atom stereocenters. The van der Waals surface area contributed by atoms with Gasteiger partial charge in [0.05, 0.1) is 0 Å². The van der Waals surface area contributed by atoms with Crippen LogP contribution in [0.3, 0.4) is 0 Å². The average Bonchev–Trinajstić information content (AvgIpc) is 2.71. The van der Waals surface area contributed by atoms with Crippen molar-refractivity contribution in [3.05, 3.63) is 23.8 Å². The van der Waals surface area contributed by atoms with Crippen LogP contribution in [0.5, 0.6) is 0 Å². The maximum Gasteiger partial charge on any atom is 0.268 e. The molecule has 0 saturated heterocycles. The lowest BCUT2D eigenvalue weighted by atomic mass is 10.1. The summed E-state index contributed by atoms with van der Waals surface area (Å²) in [4.78, 5) is 21.6. The Bertz CT molecular complexity index is 550. The molecule has 94 valence electrons. The number of carbonyl (C=O) groups excluding carboxylic acids is 1. The molecule has 3 rings (SSSR count). The minimum absolute atomic E-state index is 0.0682. The average molecular weight is 244 g/mol. The van der Waals surface area contributed by atoms with E-state index in [1.54, 1.807) is 0 Å². The second-order valence-corrected chi connectivity index (χ2v) is 4.96. The van der Waals surface area contributed by atoms with Crippen LogP contribution in [0.4, 0.5) is 11.4 Å². The van der Waals surface area contributed by atoms with Crippen molar-refractivity contribution < 1.29 is 4.79 Å². The molecule has 0 radical (unpaired) electrons. The summed E-state index contributed by atoms with van der Waals surface area (Å²) in [5.74, 6) is 0.700. The Morgan fingerprint density at radius 2 is 2.06 bits per heavy atom. The lowest BCUT2D eigenvalue weighted by Crippen LogP contribution is -2.44. The van der Waals surface area contributed by atoms with Crippen LogP contribution in [0.15, 0.2) is 23.2 Å². The number of fused-ring (bicyclic) bond motifs is 3. The molecule has 0 unspecified atom stereocenters. The first-order chi connectivity index (χ1) is 8.56. The van der Waals surface area contributed by atoms with Crippen LogP contribution in [0.25, 0.3) is 0 Å². The molecule has 0 spiro atoms. The number of rotatable bonds is 1. The van der Waals surface area contributed by atoms with Crippen molar-refractivity contribution in [2.75, 3.05) is 37.5 Å². The summed E-state index contributed by atoms with van der Waals surface area (Å²) in [5.41, 5.74) is 3.51. The summed E-state index contributed by atoms with van der Waals surface area (Å²) in [7, 11) is 6.02. The molecule has 0 fully saturated rings. The minimum atomic E-state index is -0.0682. The van der Waals surface area contributed by atoms with E-state index in [9.17, 15) is 4.79 Å². The SMILES string of the molecule is CN1Cc2cc(N(C)C)ccc2N2CC(=O)N=C12. The molecule has 0 N–H and O–H groups in total. The Morgan fingerprint density at radius 1 is 1.28 bits per heavy atom. The van der Waals surface area contributed by atoms with Gasteiger partial charge in [-0.1, -0.05) is 0 Å². The zero-order chi connectivity index (χ0) is 12.9. The van der Waals surface area contributed by atoms with Gasteiger partial charge in [-0.05, 0) is 23.8 Å². The monoisotopic (exact) mass is 244 g/mol. The fourth-order valence-corrected chi connectivity index (χ4v) is 2.46. The van der Waals surface area contributed by atoms with Crippen LogP contribution in [0.2, 0.25) is 0 Å². The molecule has 0 aromatic heterocycles. The van der Waals surface area contributed by atoms with Crippen LogP contribution in [0.1, 0.15) is 5.56 Å². The smallest absolute Gasteiger partial charge is 0.268 e. The number of guanidine groups is 1. The molecule has 0 aliphatic carbocycles. The van der Waals surface area contributed by atoms with Gasteiger partial charge in [-0.2, -0.15) is 4.99 Å². The number of carbonyl (C=O) groups is 1. The Labute approximate surface area is 106 Å². The minimum Gasteiger partial charge on any atom is -0.378 e. The maximum absolute atomic E-state index is 11.5. The van der Waals surface area contributed by atoms with E-state index in [-0.39, 0.29) is 5.91 Å². The summed E-state index contributed by atoms with van der Waals surface area (Å²) in [6.45, 7) is 1.15. The number of aliphatic imine (C=N–C) groups is 1. The zero-order valence-corrected chi connectivity index (χ0v) is 10.8. The van der Waals surface area contributed by atoms with Gasteiger partial charge in [0.25, 0.3) is 5.91 Å². The summed E-state index contributed by atoms with van der Waals surface area (Å²) >= 11 is 0. The van der Waals surface area contributed by atoms with E-state index in [0.717, 1.165) is 18.2 Å². The third kappa shape index (κ3) is 1.54. The summed E-state index contributed by atoms with van der Waals surface area (Å²) in [6.07, 6.45) is 0. The molecule has 18 heavy (non-hydrogen) atoms. The van der Waals surface area contributed by atoms with Gasteiger partial charge < -0.3 is 14.7 Å². The lowest BCUT2D eigenvalue weighted by Gasteiger charge is -2.35. The van der Waals surface area contributed by atoms with Crippen molar-refractivity contribution in [3.8, 4) is 0 Å². The second-order valence-electron chi connectivity index (χ2n) is 4.96. The van der Waals surface area contributed by atoms with Crippen molar-refractivity contribution in [2.24, 2.45) is 4.99 Å². The molecule has 5 nitrogen and oxygen atoms in total. The molecule has 0 bridgehead atoms. The summed E-state index contributed by atoms with van der Waals surface area (Å²) in [6, 6.07) is 6.32. The Kier molecular flexibility index (Phi) is 2.29. The van der Waals surface area contributed by atoms with Gasteiger partial charge in [-0.3, -0.25) is 4.79 Å². The van der Waals surface area contributed by atoms with E-state index in [4.69, 9.17) is 0 Å². The zero-order valence-electron chi connectivity index (χ0n) is 10.8. The predicted molar refractivity (Wildman–Crippen MR) is 72.0 cm³/mol. The quantitative estimate of drug-likeness (QED) is 0.736. The normalized spacial score (nSPS) is 17.5. The molecule has 0 saturated carbocycles. The molecular formula is C13H16N4O. The number of hydrogen-bond acceptors (Lipinski definition) is 4. The van der Waals surface area contributed by atoms with Crippen LogP contribution in [0, 0.1) is 0 Å². The van der Waals surface area contributed by atoms with E-state index in [2.05, 4.69) is 28.1 Å². The molecule has 1 aromatic rings. The van der Waals surface area contributed by atoms with Crippen LogP contribution < -0.4 is 9.80 Å². The highest BCUT2D eigenvalue weighted by Crippen LogP contribution is 2.32. The van der Waals surface area contributed by atoms with E-state index in [1.165, 1.54) is 11.3 Å². The Morgan fingerprint density at radius 3 is 2.78 bits per heavy atom. The van der Waals surface area contributed by atoms with Crippen LogP contribution in [-0.2, 0) is 11.3 Å². The topological polar surface area (TPSA) is 39.1 Å². The highest BCUT2D eigenvalue weighted by molar-refractivity contribution is 6.12. The maximum atomic E-state index is 11.5. The number of hydrogen-bond donors (Lipinski definition) is 0. The van der Waals surface area contributed by atoms with Gasteiger partial charge in [-0.25, -0.2) is 0 Å². The van der Waals surface area contributed by atoms with Gasteiger partial charge in [0.1, 0.15) is 6.54 Å². The van der Waals surface area contributed by atoms with Gasteiger partial charge in [0, 0.05) is 39.1 Å². The lowest BCUT2D eigenvalue weighted by molar-refractivity contribution is -0.115. The summed E-state index contributed by atoms with van der Waals surface area (Å²) < 4.78 is 0. The van der Waals surface area contributed by atoms with Gasteiger partial charge in [0.2, 0.25) is 5.96 Å². The van der Waals surface area contributed by atoms with Crippen LogP contribution >= 0.6 is 0 Å². The summed E-state index contributed by atoms with van der Waals surface area (Å²) in [5, 5.41) is 0. The third-order valence-corrected chi connectivity index (χ3v) is 3.38. The first-order valence-corrected chi connectivity index (χ1v) is 5.97. The standard InChI is InChI=1S/C13H16N4O/c1-15(2)10-4-5-11-9(6-10)7-16(3)13-14-12(18)8-17(11)13/h4-6H,7-8H2,1-3H3.